The first-order valence-corrected chi connectivity index (χ1v) is 9.31. The van der Waals surface area contributed by atoms with E-state index in [9.17, 15) is 4.39 Å². The van der Waals surface area contributed by atoms with Gasteiger partial charge in [-0.2, -0.15) is 0 Å². The highest BCUT2D eigenvalue weighted by Gasteiger charge is 2.33. The predicted molar refractivity (Wildman–Crippen MR) is 94.6 cm³/mol. The van der Waals surface area contributed by atoms with E-state index < -0.39 is 0 Å². The SMILES string of the molecule is Fc1ccc(Cl)cc1-c1nccn1C[C@@H]1CCCN2CCCC[C@H]12. The molecule has 24 heavy (non-hydrogen) atoms. The molecule has 2 saturated heterocycles. The van der Waals surface area contributed by atoms with Gasteiger partial charge in [-0.3, -0.25) is 0 Å². The number of rotatable bonds is 3. The van der Waals surface area contributed by atoms with Gasteiger partial charge in [-0.25, -0.2) is 9.37 Å². The van der Waals surface area contributed by atoms with Crippen molar-refractivity contribution in [2.75, 3.05) is 13.1 Å². The number of hydrogen-bond acceptors (Lipinski definition) is 2. The summed E-state index contributed by atoms with van der Waals surface area (Å²) in [6, 6.07) is 5.34. The van der Waals surface area contributed by atoms with Gasteiger partial charge < -0.3 is 9.47 Å². The van der Waals surface area contributed by atoms with Crippen LogP contribution in [0.25, 0.3) is 11.4 Å². The van der Waals surface area contributed by atoms with Crippen LogP contribution in [0.1, 0.15) is 32.1 Å². The van der Waals surface area contributed by atoms with Gasteiger partial charge in [0.05, 0.1) is 5.56 Å². The molecule has 1 aromatic heterocycles. The molecule has 2 aliphatic rings. The molecule has 0 unspecified atom stereocenters. The fourth-order valence-corrected chi connectivity index (χ4v) is 4.58. The monoisotopic (exact) mass is 347 g/mol. The quantitative estimate of drug-likeness (QED) is 0.808. The van der Waals surface area contributed by atoms with Gasteiger partial charge in [0.15, 0.2) is 0 Å². The summed E-state index contributed by atoms with van der Waals surface area (Å²) in [5.41, 5.74) is 0.490. The second kappa shape index (κ2) is 6.85. The molecule has 128 valence electrons. The minimum absolute atomic E-state index is 0.269. The van der Waals surface area contributed by atoms with Crippen molar-refractivity contribution in [3.8, 4) is 11.4 Å². The van der Waals surface area contributed by atoms with Crippen LogP contribution in [0, 0.1) is 11.7 Å². The zero-order valence-corrected chi connectivity index (χ0v) is 14.6. The lowest BCUT2D eigenvalue weighted by Gasteiger charge is -2.44. The first-order chi connectivity index (χ1) is 11.7. The highest BCUT2D eigenvalue weighted by Crippen LogP contribution is 2.33. The zero-order valence-electron chi connectivity index (χ0n) is 13.8. The van der Waals surface area contributed by atoms with Crippen LogP contribution in [0.3, 0.4) is 0 Å². The molecule has 2 aromatic rings. The van der Waals surface area contributed by atoms with E-state index >= 15 is 0 Å². The molecule has 1 aromatic carbocycles. The molecule has 3 heterocycles. The van der Waals surface area contributed by atoms with E-state index in [4.69, 9.17) is 11.6 Å². The minimum Gasteiger partial charge on any atom is -0.331 e. The molecule has 2 fully saturated rings. The molecule has 4 rings (SSSR count). The first-order valence-electron chi connectivity index (χ1n) is 8.93. The Kier molecular flexibility index (Phi) is 4.59. The van der Waals surface area contributed by atoms with Crippen LogP contribution in [0.4, 0.5) is 4.39 Å². The Morgan fingerprint density at radius 2 is 2.04 bits per heavy atom. The second-order valence-electron chi connectivity index (χ2n) is 7.03. The van der Waals surface area contributed by atoms with E-state index in [0.29, 0.717) is 28.4 Å². The Morgan fingerprint density at radius 1 is 1.17 bits per heavy atom. The summed E-state index contributed by atoms with van der Waals surface area (Å²) >= 11 is 6.06. The normalized spacial score (nSPS) is 24.8. The lowest BCUT2D eigenvalue weighted by Crippen LogP contribution is -2.49. The van der Waals surface area contributed by atoms with E-state index in [1.165, 1.54) is 51.3 Å². The minimum atomic E-state index is -0.269. The summed E-state index contributed by atoms with van der Waals surface area (Å²) in [6.07, 6.45) is 10.2. The highest BCUT2D eigenvalue weighted by atomic mass is 35.5. The summed E-state index contributed by atoms with van der Waals surface area (Å²) in [5.74, 6) is 1.03. The van der Waals surface area contributed by atoms with Crippen LogP contribution in [-0.4, -0.2) is 33.6 Å². The van der Waals surface area contributed by atoms with Crippen molar-refractivity contribution in [3.05, 3.63) is 41.4 Å². The third kappa shape index (κ3) is 3.09. The van der Waals surface area contributed by atoms with Crippen LogP contribution in [0.5, 0.6) is 0 Å². The van der Waals surface area contributed by atoms with Gasteiger partial charge >= 0.3 is 0 Å². The van der Waals surface area contributed by atoms with E-state index in [-0.39, 0.29) is 5.82 Å². The number of nitrogens with zero attached hydrogens (tertiary/aromatic N) is 3. The van der Waals surface area contributed by atoms with Crippen LogP contribution >= 0.6 is 11.6 Å². The van der Waals surface area contributed by atoms with Crippen molar-refractivity contribution < 1.29 is 4.39 Å². The molecule has 0 N–H and O–H groups in total. The molecule has 2 aliphatic heterocycles. The maximum Gasteiger partial charge on any atom is 0.142 e. The smallest absolute Gasteiger partial charge is 0.142 e. The Morgan fingerprint density at radius 3 is 2.96 bits per heavy atom. The second-order valence-corrected chi connectivity index (χ2v) is 7.47. The summed E-state index contributed by atoms with van der Waals surface area (Å²) < 4.78 is 16.3. The number of fused-ring (bicyclic) bond motifs is 1. The standard InChI is InChI=1S/C19H23ClFN3/c20-15-6-7-17(21)16(12-15)19-22-8-11-24(19)13-14-4-3-10-23-9-2-1-5-18(14)23/h6-8,11-12,14,18H,1-5,9-10,13H2/t14-,18+/m0/s1. The number of imidazole rings is 1. The lowest BCUT2D eigenvalue weighted by molar-refractivity contribution is 0.0521. The largest absolute Gasteiger partial charge is 0.331 e. The Balaban J connectivity index is 1.59. The maximum atomic E-state index is 14.2. The molecule has 0 spiro atoms. The number of benzene rings is 1. The fourth-order valence-electron chi connectivity index (χ4n) is 4.41. The Bertz CT molecular complexity index is 712. The van der Waals surface area contributed by atoms with Gasteiger partial charge in [-0.1, -0.05) is 18.0 Å². The average molecular weight is 348 g/mol. The summed E-state index contributed by atoms with van der Waals surface area (Å²) in [7, 11) is 0. The highest BCUT2D eigenvalue weighted by molar-refractivity contribution is 6.30. The Labute approximate surface area is 147 Å². The summed E-state index contributed by atoms with van der Waals surface area (Å²) in [6.45, 7) is 3.38. The molecule has 0 radical (unpaired) electrons. The van der Waals surface area contributed by atoms with Crippen LogP contribution in [0.2, 0.25) is 5.02 Å². The zero-order chi connectivity index (χ0) is 16.5. The van der Waals surface area contributed by atoms with Crippen molar-refractivity contribution in [1.82, 2.24) is 14.5 Å². The average Bonchev–Trinajstić information content (AvgIpc) is 3.05. The maximum absolute atomic E-state index is 14.2. The third-order valence-corrected chi connectivity index (χ3v) is 5.78. The van der Waals surface area contributed by atoms with E-state index in [1.54, 1.807) is 18.3 Å². The molecule has 5 heteroatoms. The van der Waals surface area contributed by atoms with Crippen molar-refractivity contribution in [2.45, 2.75) is 44.7 Å². The molecular weight excluding hydrogens is 325 g/mol. The third-order valence-electron chi connectivity index (χ3n) is 5.54. The fraction of sp³-hybridized carbons (Fsp3) is 0.526. The van der Waals surface area contributed by atoms with Gasteiger partial charge in [0, 0.05) is 30.0 Å². The van der Waals surface area contributed by atoms with Gasteiger partial charge in [0.1, 0.15) is 11.6 Å². The predicted octanol–water partition coefficient (Wildman–Crippen LogP) is 4.61. The van der Waals surface area contributed by atoms with Gasteiger partial charge in [0.25, 0.3) is 0 Å². The van der Waals surface area contributed by atoms with Crippen molar-refractivity contribution in [3.63, 3.8) is 0 Å². The summed E-state index contributed by atoms with van der Waals surface area (Å²) in [5, 5.41) is 0.539. The number of aromatic nitrogens is 2. The van der Waals surface area contributed by atoms with Crippen LogP contribution < -0.4 is 0 Å². The van der Waals surface area contributed by atoms with Crippen LogP contribution in [-0.2, 0) is 6.54 Å². The van der Waals surface area contributed by atoms with E-state index in [1.807, 2.05) is 6.20 Å². The Hall–Kier alpha value is -1.39. The molecular formula is C19H23ClFN3. The summed E-state index contributed by atoms with van der Waals surface area (Å²) in [4.78, 5) is 7.07. The van der Waals surface area contributed by atoms with Crippen molar-refractivity contribution in [2.24, 2.45) is 5.92 Å². The lowest BCUT2D eigenvalue weighted by atomic mass is 9.83. The number of hydrogen-bond donors (Lipinski definition) is 0. The number of piperidine rings is 2. The topological polar surface area (TPSA) is 21.1 Å². The van der Waals surface area contributed by atoms with E-state index in [2.05, 4.69) is 14.5 Å². The molecule has 0 saturated carbocycles. The van der Waals surface area contributed by atoms with Gasteiger partial charge in [-0.15, -0.1) is 0 Å². The molecule has 2 atom stereocenters. The molecule has 0 aliphatic carbocycles. The van der Waals surface area contributed by atoms with Crippen molar-refractivity contribution in [1.29, 1.82) is 0 Å². The van der Waals surface area contributed by atoms with E-state index in [0.717, 1.165) is 6.54 Å². The van der Waals surface area contributed by atoms with Crippen LogP contribution in [0.15, 0.2) is 30.6 Å². The van der Waals surface area contributed by atoms with Gasteiger partial charge in [-0.05, 0) is 62.9 Å². The van der Waals surface area contributed by atoms with Crippen molar-refractivity contribution >= 4 is 11.6 Å². The number of halogens is 2. The molecule has 0 bridgehead atoms. The first kappa shape index (κ1) is 16.1. The molecule has 0 amide bonds. The van der Waals surface area contributed by atoms with Gasteiger partial charge in [0.2, 0.25) is 0 Å². The molecule has 3 nitrogen and oxygen atoms in total.